The summed E-state index contributed by atoms with van der Waals surface area (Å²) in [4.78, 5) is 31.3. The van der Waals surface area contributed by atoms with Gasteiger partial charge in [-0.25, -0.2) is 13.2 Å². The summed E-state index contributed by atoms with van der Waals surface area (Å²) in [6.45, 7) is 3.31. The van der Waals surface area contributed by atoms with Gasteiger partial charge in [0.25, 0.3) is 0 Å². The van der Waals surface area contributed by atoms with Crippen molar-refractivity contribution < 1.29 is 22.7 Å². The maximum Gasteiger partial charge on any atom is 0.409 e. The van der Waals surface area contributed by atoms with E-state index in [0.29, 0.717) is 38.3 Å². The van der Waals surface area contributed by atoms with Gasteiger partial charge in [-0.3, -0.25) is 9.78 Å². The molecule has 0 aliphatic carbocycles. The molecule has 2 heterocycles. The van der Waals surface area contributed by atoms with Crippen LogP contribution in [0.1, 0.15) is 12.5 Å². The molecule has 1 aliphatic heterocycles. The highest BCUT2D eigenvalue weighted by molar-refractivity contribution is 7.88. The van der Waals surface area contributed by atoms with E-state index in [9.17, 15) is 18.0 Å². The number of ether oxygens (including phenoxy) is 1. The van der Waals surface area contributed by atoms with Crippen LogP contribution in [0, 0.1) is 0 Å². The first-order valence-electron chi connectivity index (χ1n) is 8.34. The quantitative estimate of drug-likeness (QED) is 0.692. The van der Waals surface area contributed by atoms with Gasteiger partial charge >= 0.3 is 6.09 Å². The molecule has 26 heavy (non-hydrogen) atoms. The fraction of sp³-hybridized carbons (Fsp3) is 0.562. The molecule has 2 amide bonds. The summed E-state index contributed by atoms with van der Waals surface area (Å²) in [5.74, 6) is -0.289. The average molecular weight is 384 g/mol. The first kappa shape index (κ1) is 20.1. The van der Waals surface area contributed by atoms with Gasteiger partial charge in [-0.15, -0.1) is 0 Å². The zero-order valence-corrected chi connectivity index (χ0v) is 15.8. The summed E-state index contributed by atoms with van der Waals surface area (Å²) in [5.41, 5.74) is 0.706. The highest BCUT2D eigenvalue weighted by atomic mass is 32.2. The number of sulfonamides is 1. The van der Waals surface area contributed by atoms with Crippen LogP contribution in [0.3, 0.4) is 0 Å². The Bertz CT molecular complexity index is 717. The van der Waals surface area contributed by atoms with Crippen LogP contribution in [-0.2, 0) is 26.1 Å². The maximum atomic E-state index is 12.5. The van der Waals surface area contributed by atoms with E-state index < -0.39 is 16.1 Å². The summed E-state index contributed by atoms with van der Waals surface area (Å²) in [6, 6.07) is 3.47. The number of carbonyl (C=O) groups excluding carboxylic acids is 2. The third-order valence-electron chi connectivity index (χ3n) is 4.02. The molecule has 2 rings (SSSR count). The predicted octanol–water partition coefficient (Wildman–Crippen LogP) is 0.144. The van der Waals surface area contributed by atoms with Crippen molar-refractivity contribution in [3.63, 3.8) is 0 Å². The smallest absolute Gasteiger partial charge is 0.409 e. The van der Waals surface area contributed by atoms with E-state index in [4.69, 9.17) is 4.74 Å². The molecule has 0 spiro atoms. The summed E-state index contributed by atoms with van der Waals surface area (Å²) >= 11 is 0. The zero-order valence-electron chi connectivity index (χ0n) is 15.0. The van der Waals surface area contributed by atoms with Gasteiger partial charge in [-0.2, -0.15) is 4.31 Å². The summed E-state index contributed by atoms with van der Waals surface area (Å²) < 4.78 is 30.1. The van der Waals surface area contributed by atoms with E-state index in [0.717, 1.165) is 10.6 Å². The van der Waals surface area contributed by atoms with Crippen LogP contribution in [-0.4, -0.2) is 85.1 Å². The predicted molar refractivity (Wildman–Crippen MR) is 94.7 cm³/mol. The number of nitrogens with zero attached hydrogens (tertiary/aromatic N) is 4. The van der Waals surface area contributed by atoms with E-state index >= 15 is 0 Å². The van der Waals surface area contributed by atoms with Gasteiger partial charge in [0.2, 0.25) is 15.9 Å². The second kappa shape index (κ2) is 8.95. The van der Waals surface area contributed by atoms with Gasteiger partial charge in [-0.05, 0) is 18.6 Å². The van der Waals surface area contributed by atoms with E-state index in [-0.39, 0.29) is 19.0 Å². The molecule has 1 aliphatic rings. The van der Waals surface area contributed by atoms with Crippen molar-refractivity contribution in [2.24, 2.45) is 0 Å². The Morgan fingerprint density at radius 1 is 1.23 bits per heavy atom. The third kappa shape index (κ3) is 5.67. The second-order valence-electron chi connectivity index (χ2n) is 5.96. The Hall–Kier alpha value is -2.20. The zero-order chi connectivity index (χ0) is 19.2. The standard InChI is InChI=1S/C16H24N4O5S/c1-3-25-16(22)19-9-7-18(8-10-19)15(21)13-20(26(2,23)24)12-14-5-4-6-17-11-14/h4-6,11H,3,7-10,12-13H2,1-2H3. The number of pyridine rings is 1. The largest absolute Gasteiger partial charge is 0.450 e. The van der Waals surface area contributed by atoms with E-state index in [1.807, 2.05) is 0 Å². The second-order valence-corrected chi connectivity index (χ2v) is 7.94. The highest BCUT2D eigenvalue weighted by Crippen LogP contribution is 2.10. The number of amides is 2. The lowest BCUT2D eigenvalue weighted by Crippen LogP contribution is -2.53. The first-order valence-corrected chi connectivity index (χ1v) is 10.2. The number of hydrogen-bond acceptors (Lipinski definition) is 6. The first-order chi connectivity index (χ1) is 12.3. The molecule has 144 valence electrons. The van der Waals surface area contributed by atoms with Gasteiger partial charge in [-0.1, -0.05) is 6.07 Å². The number of carbonyl (C=O) groups is 2. The van der Waals surface area contributed by atoms with Gasteiger partial charge in [0.05, 0.1) is 19.4 Å². The van der Waals surface area contributed by atoms with Crippen molar-refractivity contribution >= 4 is 22.0 Å². The molecule has 10 heteroatoms. The molecule has 1 aromatic heterocycles. The van der Waals surface area contributed by atoms with Crippen LogP contribution < -0.4 is 0 Å². The van der Waals surface area contributed by atoms with Gasteiger partial charge in [0, 0.05) is 45.1 Å². The highest BCUT2D eigenvalue weighted by Gasteiger charge is 2.28. The van der Waals surface area contributed by atoms with Crippen molar-refractivity contribution in [3.8, 4) is 0 Å². The lowest BCUT2D eigenvalue weighted by molar-refractivity contribution is -0.133. The molecule has 0 aromatic carbocycles. The molecule has 0 unspecified atom stereocenters. The van der Waals surface area contributed by atoms with Crippen molar-refractivity contribution in [3.05, 3.63) is 30.1 Å². The Morgan fingerprint density at radius 3 is 2.42 bits per heavy atom. The number of hydrogen-bond donors (Lipinski definition) is 0. The minimum atomic E-state index is -3.55. The van der Waals surface area contributed by atoms with Crippen molar-refractivity contribution in [1.29, 1.82) is 0 Å². The lowest BCUT2D eigenvalue weighted by Gasteiger charge is -2.35. The van der Waals surface area contributed by atoms with Crippen molar-refractivity contribution in [2.75, 3.05) is 45.6 Å². The normalized spacial score (nSPS) is 15.2. The number of piperazine rings is 1. The summed E-state index contributed by atoms with van der Waals surface area (Å²) in [7, 11) is -3.55. The van der Waals surface area contributed by atoms with Gasteiger partial charge in [0.1, 0.15) is 0 Å². The molecule has 0 N–H and O–H groups in total. The molecule has 0 bridgehead atoms. The topological polar surface area (TPSA) is 100 Å². The molecule has 1 aromatic rings. The van der Waals surface area contributed by atoms with Gasteiger partial charge in [0.15, 0.2) is 0 Å². The van der Waals surface area contributed by atoms with Crippen molar-refractivity contribution in [2.45, 2.75) is 13.5 Å². The molecule has 9 nitrogen and oxygen atoms in total. The Morgan fingerprint density at radius 2 is 1.88 bits per heavy atom. The van der Waals surface area contributed by atoms with E-state index in [1.165, 1.54) is 4.90 Å². The molecular weight excluding hydrogens is 360 g/mol. The van der Waals surface area contributed by atoms with Crippen LogP contribution in [0.15, 0.2) is 24.5 Å². The Balaban J connectivity index is 1.95. The third-order valence-corrected chi connectivity index (χ3v) is 5.22. The fourth-order valence-electron chi connectivity index (χ4n) is 2.59. The van der Waals surface area contributed by atoms with Crippen LogP contribution in [0.2, 0.25) is 0 Å². The minimum absolute atomic E-state index is 0.0845. The summed E-state index contributed by atoms with van der Waals surface area (Å²) in [6.07, 6.45) is 3.85. The molecule has 1 fully saturated rings. The molecule has 0 atom stereocenters. The molecular formula is C16H24N4O5S. The van der Waals surface area contributed by atoms with Crippen LogP contribution >= 0.6 is 0 Å². The summed E-state index contributed by atoms with van der Waals surface area (Å²) in [5, 5.41) is 0. The lowest BCUT2D eigenvalue weighted by atomic mass is 10.3. The SMILES string of the molecule is CCOC(=O)N1CCN(C(=O)CN(Cc2cccnc2)S(C)(=O)=O)CC1. The number of rotatable bonds is 6. The monoisotopic (exact) mass is 384 g/mol. The number of aromatic nitrogens is 1. The maximum absolute atomic E-state index is 12.5. The Labute approximate surface area is 153 Å². The van der Waals surface area contributed by atoms with E-state index in [2.05, 4.69) is 4.98 Å². The van der Waals surface area contributed by atoms with Crippen LogP contribution in [0.5, 0.6) is 0 Å². The van der Waals surface area contributed by atoms with Crippen LogP contribution in [0.25, 0.3) is 0 Å². The van der Waals surface area contributed by atoms with Gasteiger partial charge < -0.3 is 14.5 Å². The molecule has 0 saturated carbocycles. The Kier molecular flexibility index (Phi) is 6.92. The van der Waals surface area contributed by atoms with Crippen LogP contribution in [0.4, 0.5) is 4.79 Å². The minimum Gasteiger partial charge on any atom is -0.450 e. The molecule has 0 radical (unpaired) electrons. The van der Waals surface area contributed by atoms with E-state index in [1.54, 1.807) is 36.4 Å². The molecule has 1 saturated heterocycles. The average Bonchev–Trinajstić information content (AvgIpc) is 2.61. The fourth-order valence-corrected chi connectivity index (χ4v) is 3.32. The van der Waals surface area contributed by atoms with Crippen molar-refractivity contribution in [1.82, 2.24) is 19.1 Å².